The largest absolute Gasteiger partial charge is 0.382 e. The van der Waals surface area contributed by atoms with Crippen LogP contribution in [-0.4, -0.2) is 16.3 Å². The van der Waals surface area contributed by atoms with Gasteiger partial charge in [-0.25, -0.2) is 4.68 Å². The van der Waals surface area contributed by atoms with Gasteiger partial charge in [-0.3, -0.25) is 4.79 Å². The van der Waals surface area contributed by atoms with Crippen molar-refractivity contribution in [3.8, 4) is 0 Å². The Hall–Kier alpha value is -1.33. The molecule has 0 fully saturated rings. The van der Waals surface area contributed by atoms with E-state index in [4.69, 9.17) is 11.6 Å². The zero-order valence-electron chi connectivity index (χ0n) is 9.31. The van der Waals surface area contributed by atoms with E-state index in [-0.39, 0.29) is 10.6 Å². The molecule has 0 bridgehead atoms. The van der Waals surface area contributed by atoms with Gasteiger partial charge in [0.2, 0.25) is 0 Å². The van der Waals surface area contributed by atoms with Crippen LogP contribution in [-0.2, 0) is 13.5 Å². The Morgan fingerprint density at radius 2 is 2.41 bits per heavy atom. The molecule has 0 unspecified atom stereocenters. The van der Waals surface area contributed by atoms with Crippen LogP contribution in [0.5, 0.6) is 0 Å². The fourth-order valence-electron chi connectivity index (χ4n) is 1.41. The standard InChI is InChI=1S/C11H12ClN3OS/c1-15-11(16)10(12)9(6-14-15)13-4-2-8-3-5-17-7-8/h3,5-7,13H,2,4H2,1H3. The van der Waals surface area contributed by atoms with Gasteiger partial charge in [0.25, 0.3) is 5.56 Å². The maximum Gasteiger partial charge on any atom is 0.287 e. The van der Waals surface area contributed by atoms with Gasteiger partial charge in [-0.2, -0.15) is 16.4 Å². The molecule has 17 heavy (non-hydrogen) atoms. The van der Waals surface area contributed by atoms with E-state index in [0.717, 1.165) is 13.0 Å². The molecule has 0 spiro atoms. The number of anilines is 1. The second-order valence-electron chi connectivity index (χ2n) is 3.61. The molecule has 0 radical (unpaired) electrons. The summed E-state index contributed by atoms with van der Waals surface area (Å²) in [5.74, 6) is 0. The quantitative estimate of drug-likeness (QED) is 0.925. The second-order valence-corrected chi connectivity index (χ2v) is 4.77. The number of thiophene rings is 1. The van der Waals surface area contributed by atoms with E-state index in [1.807, 2.05) is 5.38 Å². The highest BCUT2D eigenvalue weighted by molar-refractivity contribution is 7.07. The maximum absolute atomic E-state index is 11.5. The number of hydrogen-bond acceptors (Lipinski definition) is 4. The third-order valence-corrected chi connectivity index (χ3v) is 3.48. The fraction of sp³-hybridized carbons (Fsp3) is 0.273. The number of nitrogens with one attached hydrogen (secondary N) is 1. The van der Waals surface area contributed by atoms with Gasteiger partial charge in [0.05, 0.1) is 11.9 Å². The molecule has 1 N–H and O–H groups in total. The lowest BCUT2D eigenvalue weighted by atomic mass is 10.2. The van der Waals surface area contributed by atoms with Gasteiger partial charge in [0.15, 0.2) is 0 Å². The van der Waals surface area contributed by atoms with E-state index >= 15 is 0 Å². The van der Waals surface area contributed by atoms with Crippen molar-refractivity contribution in [3.05, 3.63) is 44.0 Å². The van der Waals surface area contributed by atoms with E-state index in [2.05, 4.69) is 21.9 Å². The van der Waals surface area contributed by atoms with Crippen LogP contribution in [0.3, 0.4) is 0 Å². The summed E-state index contributed by atoms with van der Waals surface area (Å²) in [6, 6.07) is 2.08. The topological polar surface area (TPSA) is 46.9 Å². The summed E-state index contributed by atoms with van der Waals surface area (Å²) in [5, 5.41) is 11.4. The summed E-state index contributed by atoms with van der Waals surface area (Å²) in [5.41, 5.74) is 1.58. The molecule has 0 amide bonds. The van der Waals surface area contributed by atoms with Gasteiger partial charge in [0.1, 0.15) is 5.02 Å². The Morgan fingerprint density at radius 1 is 1.59 bits per heavy atom. The summed E-state index contributed by atoms with van der Waals surface area (Å²) in [4.78, 5) is 11.5. The maximum atomic E-state index is 11.5. The zero-order chi connectivity index (χ0) is 12.3. The van der Waals surface area contributed by atoms with E-state index < -0.39 is 0 Å². The predicted molar refractivity (Wildman–Crippen MR) is 71.0 cm³/mol. The van der Waals surface area contributed by atoms with Gasteiger partial charge in [-0.05, 0) is 28.8 Å². The third-order valence-electron chi connectivity index (χ3n) is 2.39. The second kappa shape index (κ2) is 5.33. The number of rotatable bonds is 4. The van der Waals surface area contributed by atoms with Crippen LogP contribution in [0.25, 0.3) is 0 Å². The monoisotopic (exact) mass is 269 g/mol. The number of aromatic nitrogens is 2. The van der Waals surface area contributed by atoms with Gasteiger partial charge in [-0.15, -0.1) is 0 Å². The predicted octanol–water partition coefficient (Wildman–Crippen LogP) is 2.15. The van der Waals surface area contributed by atoms with Crippen molar-refractivity contribution in [3.63, 3.8) is 0 Å². The van der Waals surface area contributed by atoms with E-state index in [9.17, 15) is 4.79 Å². The van der Waals surface area contributed by atoms with E-state index in [1.165, 1.54) is 10.2 Å². The van der Waals surface area contributed by atoms with Crippen molar-refractivity contribution in [1.29, 1.82) is 0 Å². The van der Waals surface area contributed by atoms with Crippen LogP contribution < -0.4 is 10.9 Å². The van der Waals surface area contributed by atoms with Gasteiger partial charge in [-0.1, -0.05) is 11.6 Å². The SMILES string of the molecule is Cn1ncc(NCCc2ccsc2)c(Cl)c1=O. The molecule has 2 heterocycles. The van der Waals surface area contributed by atoms with Crippen LogP contribution in [0, 0.1) is 0 Å². The average molecular weight is 270 g/mol. The number of halogens is 1. The molecule has 0 aliphatic heterocycles. The lowest BCUT2D eigenvalue weighted by molar-refractivity contribution is 0.708. The molecule has 2 aromatic heterocycles. The lowest BCUT2D eigenvalue weighted by Gasteiger charge is -2.07. The highest BCUT2D eigenvalue weighted by atomic mass is 35.5. The molecule has 0 aliphatic carbocycles. The minimum absolute atomic E-state index is 0.188. The van der Waals surface area contributed by atoms with Crippen molar-refractivity contribution in [2.24, 2.45) is 7.05 Å². The van der Waals surface area contributed by atoms with Crippen molar-refractivity contribution >= 4 is 28.6 Å². The molecule has 0 atom stereocenters. The highest BCUT2D eigenvalue weighted by Crippen LogP contribution is 2.15. The van der Waals surface area contributed by atoms with Crippen LogP contribution in [0.1, 0.15) is 5.56 Å². The van der Waals surface area contributed by atoms with Crippen molar-refractivity contribution in [2.45, 2.75) is 6.42 Å². The summed E-state index contributed by atoms with van der Waals surface area (Å²) >= 11 is 7.60. The van der Waals surface area contributed by atoms with Crippen molar-refractivity contribution < 1.29 is 0 Å². The summed E-state index contributed by atoms with van der Waals surface area (Å²) < 4.78 is 1.21. The average Bonchev–Trinajstić information content (AvgIpc) is 2.82. The highest BCUT2D eigenvalue weighted by Gasteiger charge is 2.06. The summed E-state index contributed by atoms with van der Waals surface area (Å²) in [7, 11) is 1.57. The minimum Gasteiger partial charge on any atom is -0.382 e. The van der Waals surface area contributed by atoms with Gasteiger partial charge >= 0.3 is 0 Å². The zero-order valence-corrected chi connectivity index (χ0v) is 10.9. The van der Waals surface area contributed by atoms with Crippen LogP contribution in [0.2, 0.25) is 5.02 Å². The molecule has 0 saturated carbocycles. The molecule has 0 aliphatic rings. The first-order chi connectivity index (χ1) is 8.18. The normalized spacial score (nSPS) is 10.5. The van der Waals surface area contributed by atoms with Gasteiger partial charge in [0, 0.05) is 13.6 Å². The fourth-order valence-corrected chi connectivity index (χ4v) is 2.35. The first-order valence-electron chi connectivity index (χ1n) is 5.15. The molecular formula is C11H12ClN3OS. The first kappa shape index (κ1) is 12.1. The number of aryl methyl sites for hydroxylation is 1. The van der Waals surface area contributed by atoms with E-state index in [0.29, 0.717) is 5.69 Å². The molecule has 90 valence electrons. The molecule has 0 saturated heterocycles. The Kier molecular flexibility index (Phi) is 3.81. The molecule has 2 rings (SSSR count). The van der Waals surface area contributed by atoms with Crippen LogP contribution in [0.15, 0.2) is 27.8 Å². The Bertz CT molecular complexity index is 550. The van der Waals surface area contributed by atoms with Crippen molar-refractivity contribution in [2.75, 3.05) is 11.9 Å². The van der Waals surface area contributed by atoms with Crippen LogP contribution in [0.4, 0.5) is 5.69 Å². The first-order valence-corrected chi connectivity index (χ1v) is 6.47. The summed E-state index contributed by atoms with van der Waals surface area (Å²) in [6.45, 7) is 0.727. The Labute approximate surface area is 108 Å². The number of hydrogen-bond donors (Lipinski definition) is 1. The Morgan fingerprint density at radius 3 is 3.12 bits per heavy atom. The third kappa shape index (κ3) is 2.87. The van der Waals surface area contributed by atoms with E-state index in [1.54, 1.807) is 24.6 Å². The molecule has 4 nitrogen and oxygen atoms in total. The summed E-state index contributed by atoms with van der Waals surface area (Å²) in [6.07, 6.45) is 2.46. The molecule has 0 aromatic carbocycles. The Balaban J connectivity index is 2.00. The molecule has 6 heteroatoms. The smallest absolute Gasteiger partial charge is 0.287 e. The molecule has 2 aromatic rings. The lowest BCUT2D eigenvalue weighted by Crippen LogP contribution is -2.21. The molecular weight excluding hydrogens is 258 g/mol. The van der Waals surface area contributed by atoms with Gasteiger partial charge < -0.3 is 5.32 Å². The van der Waals surface area contributed by atoms with Crippen molar-refractivity contribution in [1.82, 2.24) is 9.78 Å². The number of nitrogens with zero attached hydrogens (tertiary/aromatic N) is 2. The van der Waals surface area contributed by atoms with Crippen LogP contribution >= 0.6 is 22.9 Å². The minimum atomic E-state index is -0.285.